The molecule has 2 spiro atoms. The summed E-state index contributed by atoms with van der Waals surface area (Å²) in [4.78, 5) is 14.5. The molecule has 10 nitrogen and oxygen atoms in total. The van der Waals surface area contributed by atoms with Crippen LogP contribution in [0.5, 0.6) is 0 Å². The molecule has 10 heteroatoms. The molecular weight excluding hydrogens is 839 g/mol. The third-order valence-electron chi connectivity index (χ3n) is 24.6. The maximum absolute atomic E-state index is 14.5. The van der Waals surface area contributed by atoms with E-state index in [1.165, 1.54) is 44.9 Å². The van der Waals surface area contributed by atoms with Crippen LogP contribution in [0.3, 0.4) is 0 Å². The van der Waals surface area contributed by atoms with Gasteiger partial charge in [0, 0.05) is 42.9 Å². The standard InChI is InChI=1S/C57H85N3O7/c1-32-11-21-56(64-29-32)34(3)49-46(66-56)25-44-40-10-9-36-23-39(14-17-51(36,5)42(40)15-18-52(44,49)6)63-31-37-28-60(59-58-37)38-13-20-54(8)43-16-19-53(7)45(41(43)24-48(61)55(54,62)27-38)26-47-50(53)35(4)57(67-47)22-12-33(2)30-65-57/h9,28,32-35,38-47,49-50,62H,10-27,29-31H2,1-8H3/t32-,33-,34+,35+,38-,39+,40-,41-,42+,43+,44+,45+,46+,47+,49+,50+,51+,52+,53+,54-,55+,56-,57-/m1/s1. The normalized spacial score (nSPS) is 57.4. The van der Waals surface area contributed by atoms with E-state index in [1.807, 2.05) is 10.9 Å². The summed E-state index contributed by atoms with van der Waals surface area (Å²) in [5.74, 6) is 5.68. The van der Waals surface area contributed by atoms with Crippen molar-refractivity contribution in [1.29, 1.82) is 0 Å². The molecule has 1 aromatic rings. The van der Waals surface area contributed by atoms with Crippen molar-refractivity contribution in [1.82, 2.24) is 15.0 Å². The monoisotopic (exact) mass is 924 g/mol. The molecular formula is C57H85N3O7. The number of carbonyl (C=O) groups is 1. The molecule has 5 heterocycles. The van der Waals surface area contributed by atoms with Gasteiger partial charge in [-0.1, -0.05) is 72.3 Å². The van der Waals surface area contributed by atoms with Gasteiger partial charge in [0.05, 0.1) is 50.4 Å². The van der Waals surface area contributed by atoms with Crippen LogP contribution in [0.2, 0.25) is 0 Å². The quantitative estimate of drug-likeness (QED) is 0.295. The molecule has 7 saturated carbocycles. The lowest BCUT2D eigenvalue weighted by Crippen LogP contribution is -2.66. The molecule has 12 aliphatic rings. The van der Waals surface area contributed by atoms with Crippen molar-refractivity contribution in [2.45, 2.75) is 219 Å². The maximum Gasteiger partial charge on any atom is 0.171 e. The minimum atomic E-state index is -1.35. The Morgan fingerprint density at radius 2 is 1.36 bits per heavy atom. The van der Waals surface area contributed by atoms with Crippen molar-refractivity contribution >= 4 is 5.78 Å². The molecule has 8 aliphatic carbocycles. The molecule has 4 saturated heterocycles. The summed E-state index contributed by atoms with van der Waals surface area (Å²) in [6, 6.07) is -0.0593. The van der Waals surface area contributed by atoms with Crippen LogP contribution in [0.4, 0.5) is 0 Å². The molecule has 1 N–H and O–H groups in total. The van der Waals surface area contributed by atoms with E-state index in [2.05, 4.69) is 71.8 Å². The number of hydrogen-bond donors (Lipinski definition) is 1. The van der Waals surface area contributed by atoms with Crippen molar-refractivity contribution < 1.29 is 33.6 Å². The topological polar surface area (TPSA) is 114 Å². The number of ketones is 1. The molecule has 370 valence electrons. The number of fused-ring (bicyclic) bond motifs is 14. The van der Waals surface area contributed by atoms with Gasteiger partial charge in [-0.05, 0) is 165 Å². The summed E-state index contributed by atoms with van der Waals surface area (Å²) in [6.45, 7) is 21.6. The van der Waals surface area contributed by atoms with Crippen LogP contribution in [0.15, 0.2) is 17.8 Å². The van der Waals surface area contributed by atoms with E-state index in [0.29, 0.717) is 84.2 Å². The Labute approximate surface area is 401 Å². The number of Topliss-reactive ketones (excluding diaryl/α,β-unsaturated/α-hetero) is 1. The third-order valence-corrected chi connectivity index (χ3v) is 24.6. The molecule has 67 heavy (non-hydrogen) atoms. The van der Waals surface area contributed by atoms with Crippen molar-refractivity contribution in [3.63, 3.8) is 0 Å². The number of allylic oxidation sites excluding steroid dienone is 1. The first-order chi connectivity index (χ1) is 31.9. The fourth-order valence-corrected chi connectivity index (χ4v) is 20.8. The van der Waals surface area contributed by atoms with Crippen LogP contribution in [-0.4, -0.2) is 74.6 Å². The Balaban J connectivity index is 0.637. The van der Waals surface area contributed by atoms with Gasteiger partial charge in [-0.3, -0.25) is 4.79 Å². The highest BCUT2D eigenvalue weighted by Crippen LogP contribution is 2.73. The summed E-state index contributed by atoms with van der Waals surface area (Å²) >= 11 is 0. The summed E-state index contributed by atoms with van der Waals surface area (Å²) < 4.78 is 35.9. The highest BCUT2D eigenvalue weighted by Gasteiger charge is 2.73. The molecule has 4 aliphatic heterocycles. The number of rotatable bonds is 4. The van der Waals surface area contributed by atoms with Gasteiger partial charge in [0.2, 0.25) is 0 Å². The predicted molar refractivity (Wildman–Crippen MR) is 253 cm³/mol. The highest BCUT2D eigenvalue weighted by molar-refractivity contribution is 5.89. The zero-order chi connectivity index (χ0) is 46.3. The summed E-state index contributed by atoms with van der Waals surface area (Å²) in [5, 5.41) is 22.0. The average Bonchev–Trinajstić information content (AvgIpc) is 4.09. The van der Waals surface area contributed by atoms with Gasteiger partial charge in [-0.25, -0.2) is 4.68 Å². The molecule has 0 bridgehead atoms. The van der Waals surface area contributed by atoms with E-state index in [9.17, 15) is 9.90 Å². The molecule has 13 rings (SSSR count). The minimum Gasteiger partial charge on any atom is -0.381 e. The lowest BCUT2D eigenvalue weighted by atomic mass is 9.42. The average molecular weight is 924 g/mol. The van der Waals surface area contributed by atoms with E-state index < -0.39 is 16.8 Å². The van der Waals surface area contributed by atoms with Crippen molar-refractivity contribution in [3.05, 3.63) is 23.5 Å². The first-order valence-electron chi connectivity index (χ1n) is 28.0. The van der Waals surface area contributed by atoms with Crippen molar-refractivity contribution in [2.24, 2.45) is 92.7 Å². The van der Waals surface area contributed by atoms with Crippen LogP contribution in [0.25, 0.3) is 0 Å². The Morgan fingerprint density at radius 1 is 0.731 bits per heavy atom. The molecule has 1 aromatic heterocycles. The van der Waals surface area contributed by atoms with Crippen molar-refractivity contribution in [2.75, 3.05) is 13.2 Å². The Hall–Kier alpha value is -1.69. The summed E-state index contributed by atoms with van der Waals surface area (Å²) in [7, 11) is 0. The number of nitrogens with zero attached hydrogens (tertiary/aromatic N) is 3. The fraction of sp³-hybridized carbons (Fsp3) is 0.912. The van der Waals surface area contributed by atoms with Gasteiger partial charge in [0.25, 0.3) is 0 Å². The van der Waals surface area contributed by atoms with Gasteiger partial charge >= 0.3 is 0 Å². The summed E-state index contributed by atoms with van der Waals surface area (Å²) in [5.41, 5.74) is 1.40. The first-order valence-corrected chi connectivity index (χ1v) is 28.0. The predicted octanol–water partition coefficient (Wildman–Crippen LogP) is 10.8. The van der Waals surface area contributed by atoms with E-state index in [1.54, 1.807) is 5.57 Å². The third kappa shape index (κ3) is 6.16. The maximum atomic E-state index is 14.5. The highest BCUT2D eigenvalue weighted by atomic mass is 16.7. The molecule has 0 amide bonds. The first kappa shape index (κ1) is 45.2. The lowest BCUT2D eigenvalue weighted by molar-refractivity contribution is -0.273. The lowest BCUT2D eigenvalue weighted by Gasteiger charge is -2.63. The second-order valence-electron chi connectivity index (χ2n) is 27.3. The minimum absolute atomic E-state index is 0.0580. The summed E-state index contributed by atoms with van der Waals surface area (Å²) in [6.07, 6.45) is 24.1. The molecule has 0 aromatic carbocycles. The van der Waals surface area contributed by atoms with Crippen molar-refractivity contribution in [3.8, 4) is 0 Å². The van der Waals surface area contributed by atoms with Crippen LogP contribution < -0.4 is 0 Å². The second-order valence-corrected chi connectivity index (χ2v) is 27.3. The largest absolute Gasteiger partial charge is 0.381 e. The van der Waals surface area contributed by atoms with Crippen LogP contribution in [0.1, 0.15) is 183 Å². The number of aromatic nitrogens is 3. The molecule has 11 fully saturated rings. The molecule has 0 unspecified atom stereocenters. The van der Waals surface area contributed by atoms with E-state index in [0.717, 1.165) is 94.4 Å². The van der Waals surface area contributed by atoms with Crippen LogP contribution in [-0.2, 0) is 35.1 Å². The number of hydrogen-bond acceptors (Lipinski definition) is 9. The van der Waals surface area contributed by atoms with Crippen LogP contribution in [0, 0.1) is 92.7 Å². The fourth-order valence-electron chi connectivity index (χ4n) is 20.8. The van der Waals surface area contributed by atoms with Gasteiger partial charge in [-0.2, -0.15) is 0 Å². The zero-order valence-corrected chi connectivity index (χ0v) is 42.5. The Morgan fingerprint density at radius 3 is 1.99 bits per heavy atom. The van der Waals surface area contributed by atoms with E-state index in [4.69, 9.17) is 23.7 Å². The number of ether oxygens (including phenoxy) is 5. The van der Waals surface area contributed by atoms with E-state index >= 15 is 0 Å². The van der Waals surface area contributed by atoms with Gasteiger partial charge in [0.1, 0.15) is 11.3 Å². The number of aliphatic hydroxyl groups is 1. The SMILES string of the molecule is C[C@@H]1CC[C@@]2(OC1)O[C@H]1C[C@H]3[C@@H]4CC=C5C[C@@H](OCc6cn([C@@H]7CC[C@]8(C)[C@H]9CC[C@]%10(C)[C@@H]%11[C@H](C[C@H]%10[C@@H]9CC(=O)[C@@]8(O)C7)O[C@]7(CC[C@@H](C)CO7)[C@H]%11C)nn6)CC[C@]5(C)[C@H]4CC[C@]3(C)[C@H]1[C@@H]2C. The van der Waals surface area contributed by atoms with Gasteiger partial charge in [-0.15, -0.1) is 5.10 Å². The second kappa shape index (κ2) is 15.2. The smallest absolute Gasteiger partial charge is 0.171 e. The van der Waals surface area contributed by atoms with E-state index in [-0.39, 0.29) is 40.7 Å². The van der Waals surface area contributed by atoms with Gasteiger partial charge in [0.15, 0.2) is 17.4 Å². The molecule has 0 radical (unpaired) electrons. The Kier molecular flexibility index (Phi) is 10.2. The zero-order valence-electron chi connectivity index (χ0n) is 42.5. The molecule has 23 atom stereocenters. The van der Waals surface area contributed by atoms with Gasteiger partial charge < -0.3 is 28.8 Å². The number of carbonyl (C=O) groups excluding carboxylic acids is 1. The van der Waals surface area contributed by atoms with Crippen LogP contribution >= 0.6 is 0 Å². The Bertz CT molecular complexity index is 2160.